The second-order valence-corrected chi connectivity index (χ2v) is 8.50. The molecule has 1 aromatic heterocycles. The number of rotatable bonds is 4. The number of sulfonamides is 1. The third kappa shape index (κ3) is 3.51. The normalized spacial score (nSPS) is 11.5. The van der Waals surface area contributed by atoms with Crippen LogP contribution in [0.3, 0.4) is 0 Å². The fourth-order valence-electron chi connectivity index (χ4n) is 1.43. The first kappa shape index (κ1) is 14.8. The molecule has 0 amide bonds. The number of hydrogen-bond donors (Lipinski definition) is 1. The highest BCUT2D eigenvalue weighted by Crippen LogP contribution is 2.31. The van der Waals surface area contributed by atoms with E-state index in [2.05, 4.69) is 20.7 Å². The molecule has 0 radical (unpaired) electrons. The lowest BCUT2D eigenvalue weighted by Gasteiger charge is -2.06. The summed E-state index contributed by atoms with van der Waals surface area (Å²) in [6.45, 7) is 1.86. The Labute approximate surface area is 129 Å². The maximum absolute atomic E-state index is 12.2. The van der Waals surface area contributed by atoms with E-state index in [1.54, 1.807) is 30.3 Å². The largest absolute Gasteiger partial charge is 0.279 e. The first-order valence-corrected chi connectivity index (χ1v) is 8.99. The average molecular weight is 381 g/mol. The van der Waals surface area contributed by atoms with Crippen molar-refractivity contribution in [2.24, 2.45) is 0 Å². The van der Waals surface area contributed by atoms with Crippen molar-refractivity contribution < 1.29 is 8.42 Å². The molecular weight excluding hydrogens is 370 g/mol. The highest BCUT2D eigenvalue weighted by atomic mass is 79.9. The Morgan fingerprint density at radius 3 is 2.42 bits per heavy atom. The fourth-order valence-corrected chi connectivity index (χ4v) is 4.89. The predicted molar refractivity (Wildman–Crippen MR) is 83.6 cm³/mol. The molecule has 102 valence electrons. The molecule has 2 aromatic rings. The maximum Gasteiger partial charge on any atom is 0.271 e. The van der Waals surface area contributed by atoms with Crippen LogP contribution < -0.4 is 4.72 Å². The van der Waals surface area contributed by atoms with Crippen molar-refractivity contribution in [3.05, 3.63) is 45.2 Å². The number of aryl methyl sites for hydroxylation is 1. The minimum atomic E-state index is -3.53. The number of benzene rings is 1. The molecule has 0 aliphatic heterocycles. The van der Waals surface area contributed by atoms with E-state index < -0.39 is 10.0 Å². The second-order valence-electron chi connectivity index (χ2n) is 3.96. The zero-order chi connectivity index (χ0) is 14.0. The second kappa shape index (κ2) is 5.83. The molecule has 2 rings (SSSR count). The van der Waals surface area contributed by atoms with Gasteiger partial charge >= 0.3 is 0 Å². The Morgan fingerprint density at radius 2 is 1.95 bits per heavy atom. The van der Waals surface area contributed by atoms with Crippen LogP contribution in [0, 0.1) is 6.92 Å². The lowest BCUT2D eigenvalue weighted by molar-refractivity contribution is 0.603. The molecule has 1 N–H and O–H groups in total. The van der Waals surface area contributed by atoms with Gasteiger partial charge in [0, 0.05) is 11.6 Å². The van der Waals surface area contributed by atoms with Crippen LogP contribution in [-0.4, -0.2) is 8.42 Å². The molecule has 0 bridgehead atoms. The van der Waals surface area contributed by atoms with Crippen molar-refractivity contribution in [2.75, 3.05) is 4.72 Å². The molecule has 0 saturated carbocycles. The van der Waals surface area contributed by atoms with Crippen LogP contribution in [-0.2, 0) is 15.9 Å². The highest BCUT2D eigenvalue weighted by molar-refractivity contribution is 9.11. The van der Waals surface area contributed by atoms with Gasteiger partial charge in [-0.2, -0.15) is 0 Å². The Kier molecular flexibility index (Phi) is 4.55. The molecule has 0 aliphatic rings. The van der Waals surface area contributed by atoms with Gasteiger partial charge in [0.05, 0.1) is 3.79 Å². The van der Waals surface area contributed by atoms with Gasteiger partial charge in [-0.15, -0.1) is 22.9 Å². The standard InChI is InChI=1S/C12H11BrClNO2S2/c1-8-6-11(18-12(8)13)19(16,17)15-10-4-2-9(7-14)3-5-10/h2-6,15H,7H2,1H3. The molecule has 0 fully saturated rings. The monoisotopic (exact) mass is 379 g/mol. The van der Waals surface area contributed by atoms with E-state index >= 15 is 0 Å². The summed E-state index contributed by atoms with van der Waals surface area (Å²) < 4.78 is 28.0. The quantitative estimate of drug-likeness (QED) is 0.801. The molecule has 0 spiro atoms. The van der Waals surface area contributed by atoms with E-state index in [9.17, 15) is 8.42 Å². The van der Waals surface area contributed by atoms with Gasteiger partial charge in [0.25, 0.3) is 10.0 Å². The van der Waals surface area contributed by atoms with Crippen LogP contribution in [0.1, 0.15) is 11.1 Å². The maximum atomic E-state index is 12.2. The SMILES string of the molecule is Cc1cc(S(=O)(=O)Nc2ccc(CCl)cc2)sc1Br. The van der Waals surface area contributed by atoms with Crippen molar-refractivity contribution in [3.63, 3.8) is 0 Å². The first-order valence-electron chi connectivity index (χ1n) is 5.36. The van der Waals surface area contributed by atoms with Gasteiger partial charge in [-0.05, 0) is 52.2 Å². The van der Waals surface area contributed by atoms with Gasteiger partial charge in [-0.1, -0.05) is 12.1 Å². The lowest BCUT2D eigenvalue weighted by atomic mass is 10.2. The van der Waals surface area contributed by atoms with Gasteiger partial charge < -0.3 is 0 Å². The Bertz CT molecular complexity index is 661. The van der Waals surface area contributed by atoms with Crippen LogP contribution in [0.2, 0.25) is 0 Å². The lowest BCUT2D eigenvalue weighted by Crippen LogP contribution is -2.11. The molecule has 1 heterocycles. The van der Waals surface area contributed by atoms with Crippen LogP contribution in [0.25, 0.3) is 0 Å². The average Bonchev–Trinajstić information content (AvgIpc) is 2.71. The minimum absolute atomic E-state index is 0.290. The number of alkyl halides is 1. The third-order valence-electron chi connectivity index (χ3n) is 2.46. The zero-order valence-electron chi connectivity index (χ0n) is 9.98. The van der Waals surface area contributed by atoms with Crippen molar-refractivity contribution in [1.82, 2.24) is 0 Å². The van der Waals surface area contributed by atoms with Crippen molar-refractivity contribution in [3.8, 4) is 0 Å². The van der Waals surface area contributed by atoms with Gasteiger partial charge in [-0.3, -0.25) is 4.72 Å². The molecule has 19 heavy (non-hydrogen) atoms. The summed E-state index contributed by atoms with van der Waals surface area (Å²) in [5.41, 5.74) is 2.37. The molecule has 0 atom stereocenters. The fraction of sp³-hybridized carbons (Fsp3) is 0.167. The number of hydrogen-bond acceptors (Lipinski definition) is 3. The Balaban J connectivity index is 2.25. The number of halogens is 2. The highest BCUT2D eigenvalue weighted by Gasteiger charge is 2.18. The van der Waals surface area contributed by atoms with E-state index in [0.717, 1.165) is 14.9 Å². The molecule has 0 unspecified atom stereocenters. The number of thiophene rings is 1. The smallest absolute Gasteiger partial charge is 0.271 e. The molecule has 0 aliphatic carbocycles. The van der Waals surface area contributed by atoms with E-state index in [4.69, 9.17) is 11.6 Å². The molecule has 0 saturated heterocycles. The van der Waals surface area contributed by atoms with Gasteiger partial charge in [0.2, 0.25) is 0 Å². The van der Waals surface area contributed by atoms with Crippen LogP contribution in [0.5, 0.6) is 0 Å². The van der Waals surface area contributed by atoms with E-state index in [-0.39, 0.29) is 0 Å². The van der Waals surface area contributed by atoms with Crippen molar-refractivity contribution in [1.29, 1.82) is 0 Å². The summed E-state index contributed by atoms with van der Waals surface area (Å²) in [4.78, 5) is 0. The zero-order valence-corrected chi connectivity index (χ0v) is 14.0. The van der Waals surface area contributed by atoms with Gasteiger partial charge in [-0.25, -0.2) is 8.42 Å². The summed E-state index contributed by atoms with van der Waals surface area (Å²) >= 11 is 10.2. The van der Waals surface area contributed by atoms with Crippen LogP contribution in [0.4, 0.5) is 5.69 Å². The van der Waals surface area contributed by atoms with Crippen LogP contribution in [0.15, 0.2) is 38.3 Å². The third-order valence-corrected chi connectivity index (χ3v) is 6.76. The topological polar surface area (TPSA) is 46.2 Å². The van der Waals surface area contributed by atoms with Crippen molar-refractivity contribution in [2.45, 2.75) is 17.0 Å². The molecule has 1 aromatic carbocycles. The first-order chi connectivity index (χ1) is 8.92. The number of anilines is 1. The minimum Gasteiger partial charge on any atom is -0.279 e. The van der Waals surface area contributed by atoms with Crippen molar-refractivity contribution >= 4 is 54.6 Å². The summed E-state index contributed by atoms with van der Waals surface area (Å²) in [6.07, 6.45) is 0. The van der Waals surface area contributed by atoms with Gasteiger partial charge in [0.1, 0.15) is 4.21 Å². The van der Waals surface area contributed by atoms with E-state index in [1.807, 2.05) is 6.92 Å². The Morgan fingerprint density at radius 1 is 1.32 bits per heavy atom. The summed E-state index contributed by atoms with van der Waals surface area (Å²) in [6, 6.07) is 8.63. The van der Waals surface area contributed by atoms with Crippen LogP contribution >= 0.6 is 38.9 Å². The predicted octanol–water partition coefficient (Wildman–Crippen LogP) is 4.36. The summed E-state index contributed by atoms with van der Waals surface area (Å²) in [5.74, 6) is 0.407. The summed E-state index contributed by atoms with van der Waals surface area (Å²) in [7, 11) is -3.53. The molecule has 7 heteroatoms. The molecule has 3 nitrogen and oxygen atoms in total. The molecular formula is C12H11BrClNO2S2. The Hall–Kier alpha value is -0.560. The number of nitrogens with one attached hydrogen (secondary N) is 1. The van der Waals surface area contributed by atoms with E-state index in [1.165, 1.54) is 11.3 Å². The van der Waals surface area contributed by atoms with E-state index in [0.29, 0.717) is 15.8 Å². The van der Waals surface area contributed by atoms with Gasteiger partial charge in [0.15, 0.2) is 0 Å². The summed E-state index contributed by atoms with van der Waals surface area (Å²) in [5, 5.41) is 0.